The first kappa shape index (κ1) is 15.6. The quantitative estimate of drug-likeness (QED) is 0.831. The smallest absolute Gasteiger partial charge is 0.0892 e. The van der Waals surface area contributed by atoms with Crippen molar-refractivity contribution in [3.05, 3.63) is 46.2 Å². The molecule has 0 aromatic carbocycles. The van der Waals surface area contributed by atoms with Gasteiger partial charge in [-0.2, -0.15) is 0 Å². The highest BCUT2D eigenvalue weighted by molar-refractivity contribution is 8.01. The summed E-state index contributed by atoms with van der Waals surface area (Å²) in [4.78, 5) is 12.6. The fraction of sp³-hybridized carbons (Fsp3) is 0.529. The Hall–Kier alpha value is -0.950. The van der Waals surface area contributed by atoms with E-state index in [9.17, 15) is 0 Å². The van der Waals surface area contributed by atoms with Crippen LogP contribution in [0.2, 0.25) is 0 Å². The second-order valence-electron chi connectivity index (χ2n) is 6.46. The van der Waals surface area contributed by atoms with E-state index in [0.717, 1.165) is 18.0 Å². The van der Waals surface area contributed by atoms with Gasteiger partial charge in [-0.3, -0.25) is 9.88 Å². The molecule has 2 aliphatic rings. The summed E-state index contributed by atoms with van der Waals surface area (Å²) in [7, 11) is 0. The summed E-state index contributed by atoms with van der Waals surface area (Å²) in [6.45, 7) is 6.15. The molecular formula is C17H21N3OS2. The van der Waals surface area contributed by atoms with Crippen molar-refractivity contribution in [2.24, 2.45) is 0 Å². The van der Waals surface area contributed by atoms with Crippen molar-refractivity contribution >= 4 is 23.1 Å². The number of aromatic nitrogens is 2. The number of rotatable bonds is 5. The van der Waals surface area contributed by atoms with Crippen molar-refractivity contribution in [3.63, 3.8) is 0 Å². The Morgan fingerprint density at radius 3 is 3.00 bits per heavy atom. The van der Waals surface area contributed by atoms with Crippen LogP contribution >= 0.6 is 23.1 Å². The Kier molecular flexibility index (Phi) is 4.41. The number of thiazole rings is 1. The third kappa shape index (κ3) is 3.45. The van der Waals surface area contributed by atoms with E-state index < -0.39 is 0 Å². The molecule has 2 aromatic heterocycles. The van der Waals surface area contributed by atoms with Crippen LogP contribution in [0.5, 0.6) is 0 Å². The molecule has 2 fully saturated rings. The maximum atomic E-state index is 6.07. The summed E-state index contributed by atoms with van der Waals surface area (Å²) < 4.78 is 6.49. The predicted molar refractivity (Wildman–Crippen MR) is 94.7 cm³/mol. The minimum Gasteiger partial charge on any atom is -0.371 e. The number of aryl methyl sites for hydroxylation is 1. The van der Waals surface area contributed by atoms with Gasteiger partial charge in [0.15, 0.2) is 0 Å². The van der Waals surface area contributed by atoms with Gasteiger partial charge in [0, 0.05) is 41.2 Å². The van der Waals surface area contributed by atoms with Gasteiger partial charge in [0.2, 0.25) is 0 Å². The van der Waals surface area contributed by atoms with Crippen molar-refractivity contribution in [2.75, 3.05) is 18.8 Å². The van der Waals surface area contributed by atoms with E-state index in [-0.39, 0.29) is 0 Å². The lowest BCUT2D eigenvalue weighted by Crippen LogP contribution is -2.58. The first-order chi connectivity index (χ1) is 11.2. The zero-order chi connectivity index (χ0) is 15.7. The zero-order valence-electron chi connectivity index (χ0n) is 13.3. The van der Waals surface area contributed by atoms with Crippen LogP contribution in [0.1, 0.15) is 22.7 Å². The van der Waals surface area contributed by atoms with Gasteiger partial charge in [0.25, 0.3) is 0 Å². The number of ether oxygens (including phenoxy) is 1. The minimum absolute atomic E-state index is 0.370. The van der Waals surface area contributed by atoms with Crippen LogP contribution in [0.25, 0.3) is 0 Å². The summed E-state index contributed by atoms with van der Waals surface area (Å²) in [5.41, 5.74) is 4.16. The number of pyridine rings is 1. The summed E-state index contributed by atoms with van der Waals surface area (Å²) in [5.74, 6) is 1.11. The molecular weight excluding hydrogens is 326 g/mol. The fourth-order valence-electron chi connectivity index (χ4n) is 3.38. The zero-order valence-corrected chi connectivity index (χ0v) is 14.9. The van der Waals surface area contributed by atoms with E-state index in [1.165, 1.54) is 30.1 Å². The van der Waals surface area contributed by atoms with Crippen LogP contribution in [-0.2, 0) is 17.9 Å². The van der Waals surface area contributed by atoms with E-state index in [2.05, 4.69) is 33.6 Å². The van der Waals surface area contributed by atoms with Crippen LogP contribution < -0.4 is 0 Å². The molecule has 0 aliphatic carbocycles. The molecule has 122 valence electrons. The van der Waals surface area contributed by atoms with Gasteiger partial charge in [-0.25, -0.2) is 4.98 Å². The summed E-state index contributed by atoms with van der Waals surface area (Å²) in [5, 5.41) is 0. The van der Waals surface area contributed by atoms with Crippen molar-refractivity contribution in [1.29, 1.82) is 0 Å². The molecule has 2 aliphatic heterocycles. The van der Waals surface area contributed by atoms with Crippen LogP contribution in [0.4, 0.5) is 0 Å². The molecule has 0 saturated carbocycles. The molecule has 0 amide bonds. The number of hydrogen-bond donors (Lipinski definition) is 0. The minimum atomic E-state index is 0.370. The monoisotopic (exact) mass is 347 g/mol. The second-order valence-corrected chi connectivity index (χ2v) is 8.89. The fourth-order valence-corrected chi connectivity index (χ4v) is 5.80. The van der Waals surface area contributed by atoms with E-state index >= 15 is 0 Å². The molecule has 4 rings (SSSR count). The molecule has 1 atom stereocenters. The Morgan fingerprint density at radius 1 is 1.35 bits per heavy atom. The SMILES string of the molecule is Cc1ncsc1CN1CC2(CC(OCc3ccccn3)CS2)C1. The predicted octanol–water partition coefficient (Wildman–Crippen LogP) is 3.12. The summed E-state index contributed by atoms with van der Waals surface area (Å²) >= 11 is 3.87. The van der Waals surface area contributed by atoms with Crippen LogP contribution in [-0.4, -0.2) is 44.6 Å². The van der Waals surface area contributed by atoms with Gasteiger partial charge < -0.3 is 4.74 Å². The van der Waals surface area contributed by atoms with Crippen molar-refractivity contribution in [2.45, 2.75) is 37.3 Å². The van der Waals surface area contributed by atoms with E-state index in [4.69, 9.17) is 4.74 Å². The van der Waals surface area contributed by atoms with E-state index in [0.29, 0.717) is 17.5 Å². The van der Waals surface area contributed by atoms with Gasteiger partial charge in [-0.1, -0.05) is 6.07 Å². The molecule has 2 aromatic rings. The molecule has 6 heteroatoms. The second kappa shape index (κ2) is 6.51. The molecule has 0 N–H and O–H groups in total. The van der Waals surface area contributed by atoms with Gasteiger partial charge >= 0.3 is 0 Å². The molecule has 1 spiro atoms. The maximum Gasteiger partial charge on any atom is 0.0892 e. The Morgan fingerprint density at radius 2 is 2.26 bits per heavy atom. The molecule has 1 unspecified atom stereocenters. The van der Waals surface area contributed by atoms with Crippen molar-refractivity contribution in [1.82, 2.24) is 14.9 Å². The first-order valence-electron chi connectivity index (χ1n) is 7.99. The largest absolute Gasteiger partial charge is 0.371 e. The number of thioether (sulfide) groups is 1. The maximum absolute atomic E-state index is 6.07. The van der Waals surface area contributed by atoms with Crippen LogP contribution in [0.15, 0.2) is 29.9 Å². The molecule has 0 bridgehead atoms. The van der Waals surface area contributed by atoms with E-state index in [1.54, 1.807) is 11.3 Å². The van der Waals surface area contributed by atoms with Crippen molar-refractivity contribution in [3.8, 4) is 0 Å². The highest BCUT2D eigenvalue weighted by Crippen LogP contribution is 2.46. The summed E-state index contributed by atoms with van der Waals surface area (Å²) in [6.07, 6.45) is 3.37. The third-order valence-corrected chi connectivity index (χ3v) is 7.10. The standard InChI is InChI=1S/C17H21N3OS2/c1-13-16(22-12-19-13)7-20-10-17(11-20)6-15(9-23-17)21-8-14-4-2-3-5-18-14/h2-5,12,15H,6-11H2,1H3. The molecule has 0 radical (unpaired) electrons. The lowest BCUT2D eigenvalue weighted by molar-refractivity contribution is 0.0252. The highest BCUT2D eigenvalue weighted by Gasteiger charge is 2.49. The average molecular weight is 348 g/mol. The molecule has 4 heterocycles. The molecule has 2 saturated heterocycles. The van der Waals surface area contributed by atoms with Gasteiger partial charge in [0.05, 0.1) is 29.6 Å². The number of nitrogens with zero attached hydrogens (tertiary/aromatic N) is 3. The molecule has 4 nitrogen and oxygen atoms in total. The number of hydrogen-bond acceptors (Lipinski definition) is 6. The third-order valence-electron chi connectivity index (χ3n) is 4.60. The summed E-state index contributed by atoms with van der Waals surface area (Å²) in [6, 6.07) is 5.99. The molecule has 23 heavy (non-hydrogen) atoms. The lowest BCUT2D eigenvalue weighted by atomic mass is 9.93. The normalized spacial score (nSPS) is 23.3. The Bertz CT molecular complexity index is 655. The van der Waals surface area contributed by atoms with Crippen molar-refractivity contribution < 1.29 is 4.74 Å². The van der Waals surface area contributed by atoms with Crippen LogP contribution in [0, 0.1) is 6.92 Å². The van der Waals surface area contributed by atoms with Gasteiger partial charge in [0.1, 0.15) is 0 Å². The Balaban J connectivity index is 1.24. The average Bonchev–Trinajstić information content (AvgIpc) is 3.13. The lowest BCUT2D eigenvalue weighted by Gasteiger charge is -2.47. The van der Waals surface area contributed by atoms with E-state index in [1.807, 2.05) is 29.9 Å². The Labute approximate surface area is 145 Å². The van der Waals surface area contributed by atoms with Gasteiger partial charge in [-0.05, 0) is 25.5 Å². The van der Waals surface area contributed by atoms with Crippen LogP contribution in [0.3, 0.4) is 0 Å². The van der Waals surface area contributed by atoms with Gasteiger partial charge in [-0.15, -0.1) is 23.1 Å². The number of likely N-dealkylation sites (tertiary alicyclic amines) is 1. The topological polar surface area (TPSA) is 38.2 Å². The first-order valence-corrected chi connectivity index (χ1v) is 9.86. The highest BCUT2D eigenvalue weighted by atomic mass is 32.2.